The third-order valence-corrected chi connectivity index (χ3v) is 8.79. The molecule has 5 aromatic rings. The Bertz CT molecular complexity index is 1840. The number of anilines is 2. The van der Waals surface area contributed by atoms with Crippen LogP contribution in [0.25, 0.3) is 17.3 Å². The Hall–Kier alpha value is -5.26. The van der Waals surface area contributed by atoms with Gasteiger partial charge in [-0.2, -0.15) is 0 Å². The number of amides is 3. The Labute approximate surface area is 275 Å². The quantitative estimate of drug-likeness (QED) is 0.0971. The number of carbonyl (C=O) groups excluding carboxylic acids is 3. The van der Waals surface area contributed by atoms with E-state index in [4.69, 9.17) is 4.74 Å². The molecule has 0 saturated carbocycles. The Morgan fingerprint density at radius 3 is 2.52 bits per heavy atom. The highest BCUT2D eigenvalue weighted by Gasteiger charge is 2.21. The van der Waals surface area contributed by atoms with E-state index in [0.717, 1.165) is 16.2 Å². The van der Waals surface area contributed by atoms with Crippen molar-refractivity contribution in [2.45, 2.75) is 23.5 Å². The molecular weight excluding hydrogens is 619 g/mol. The van der Waals surface area contributed by atoms with Crippen molar-refractivity contribution in [3.05, 3.63) is 126 Å². The van der Waals surface area contributed by atoms with Gasteiger partial charge in [0.15, 0.2) is 5.13 Å². The minimum atomic E-state index is -0.505. The predicted molar refractivity (Wildman–Crippen MR) is 184 cm³/mol. The van der Waals surface area contributed by atoms with Gasteiger partial charge in [0.05, 0.1) is 18.1 Å². The summed E-state index contributed by atoms with van der Waals surface area (Å²) < 4.78 is 5.44. The van der Waals surface area contributed by atoms with Gasteiger partial charge in [-0.3, -0.25) is 19.4 Å². The second-order valence-corrected chi connectivity index (χ2v) is 12.0. The first kappa shape index (κ1) is 32.1. The molecule has 1 unspecified atom stereocenters. The molecule has 1 atom stereocenters. The minimum absolute atomic E-state index is 0.0571. The van der Waals surface area contributed by atoms with E-state index in [1.807, 2.05) is 48.7 Å². The number of ether oxygens (including phenoxy) is 1. The lowest BCUT2D eigenvalue weighted by Crippen LogP contribution is -2.30. The Balaban J connectivity index is 1.26. The van der Waals surface area contributed by atoms with Crippen molar-refractivity contribution >= 4 is 57.7 Å². The first-order valence-corrected chi connectivity index (χ1v) is 16.2. The average molecular weight is 650 g/mol. The lowest BCUT2D eigenvalue weighted by atomic mass is 10.1. The van der Waals surface area contributed by atoms with E-state index < -0.39 is 17.1 Å². The van der Waals surface area contributed by atoms with Gasteiger partial charge in [0, 0.05) is 39.5 Å². The third kappa shape index (κ3) is 8.46. The van der Waals surface area contributed by atoms with Gasteiger partial charge in [-0.05, 0) is 66.6 Å². The summed E-state index contributed by atoms with van der Waals surface area (Å²) >= 11 is 2.73. The van der Waals surface area contributed by atoms with Gasteiger partial charge in [0.25, 0.3) is 11.8 Å². The van der Waals surface area contributed by atoms with Crippen LogP contribution in [0, 0.1) is 0 Å². The van der Waals surface area contributed by atoms with Crippen LogP contribution in [-0.4, -0.2) is 40.0 Å². The molecule has 0 bridgehead atoms. The van der Waals surface area contributed by atoms with Crippen LogP contribution < -0.4 is 20.7 Å². The fourth-order valence-electron chi connectivity index (χ4n) is 4.40. The number of nitrogens with zero attached hydrogens (tertiary/aromatic N) is 2. The highest BCUT2D eigenvalue weighted by Crippen LogP contribution is 2.33. The summed E-state index contributed by atoms with van der Waals surface area (Å²) in [6.07, 6.45) is 5.36. The van der Waals surface area contributed by atoms with E-state index in [9.17, 15) is 14.4 Å². The molecule has 2 heterocycles. The molecule has 0 radical (unpaired) electrons. The number of hydrogen-bond acceptors (Lipinski definition) is 8. The second kappa shape index (κ2) is 15.6. The fraction of sp³-hybridized carbons (Fsp3) is 0.114. The van der Waals surface area contributed by atoms with Crippen LogP contribution in [0.5, 0.6) is 5.75 Å². The number of benzene rings is 3. The standard InChI is InChI=1S/C35H31N5O4S2/c1-3-31(34(43)40-35-39-29(22-45-35)27-16-7-8-17-30(27)44-2)46-26-15-9-14-25(20-26)37-33(42)28(19-23-11-10-18-36-21-23)38-32(41)24-12-5-4-6-13-24/h4-22,31H,3H2,1-2H3,(H,37,42)(H,38,41)(H,39,40,43)/b28-19-. The van der Waals surface area contributed by atoms with E-state index in [-0.39, 0.29) is 11.6 Å². The van der Waals surface area contributed by atoms with Crippen molar-refractivity contribution in [1.82, 2.24) is 15.3 Å². The van der Waals surface area contributed by atoms with E-state index >= 15 is 0 Å². The van der Waals surface area contributed by atoms with Crippen LogP contribution in [0.1, 0.15) is 29.3 Å². The lowest BCUT2D eigenvalue weighted by molar-refractivity contribution is -0.116. The summed E-state index contributed by atoms with van der Waals surface area (Å²) in [6.45, 7) is 1.94. The number of hydrogen-bond donors (Lipinski definition) is 3. The number of para-hydroxylation sites is 1. The van der Waals surface area contributed by atoms with E-state index in [2.05, 4.69) is 25.9 Å². The van der Waals surface area contributed by atoms with Crippen molar-refractivity contribution < 1.29 is 19.1 Å². The zero-order valence-corrected chi connectivity index (χ0v) is 26.7. The highest BCUT2D eigenvalue weighted by atomic mass is 32.2. The molecule has 0 saturated heterocycles. The van der Waals surface area contributed by atoms with Crippen LogP contribution in [0.3, 0.4) is 0 Å². The monoisotopic (exact) mass is 649 g/mol. The molecule has 46 heavy (non-hydrogen) atoms. The number of rotatable bonds is 12. The molecule has 11 heteroatoms. The summed E-state index contributed by atoms with van der Waals surface area (Å²) in [4.78, 5) is 49.1. The molecule has 0 aliphatic carbocycles. The molecule has 5 rings (SSSR count). The number of pyridine rings is 1. The number of methoxy groups -OCH3 is 1. The normalized spacial score (nSPS) is 11.7. The van der Waals surface area contributed by atoms with Crippen LogP contribution >= 0.6 is 23.1 Å². The van der Waals surface area contributed by atoms with E-state index in [1.165, 1.54) is 23.1 Å². The van der Waals surface area contributed by atoms with Crippen molar-refractivity contribution in [1.29, 1.82) is 0 Å². The minimum Gasteiger partial charge on any atom is -0.496 e. The van der Waals surface area contributed by atoms with Crippen LogP contribution in [0.15, 0.2) is 119 Å². The van der Waals surface area contributed by atoms with E-state index in [1.54, 1.807) is 80.2 Å². The fourth-order valence-corrected chi connectivity index (χ4v) is 6.13. The van der Waals surface area contributed by atoms with Gasteiger partial charge >= 0.3 is 0 Å². The lowest BCUT2D eigenvalue weighted by Gasteiger charge is -2.15. The largest absolute Gasteiger partial charge is 0.496 e. The number of thioether (sulfide) groups is 1. The number of aromatic nitrogens is 2. The molecule has 3 N–H and O–H groups in total. The van der Waals surface area contributed by atoms with Gasteiger partial charge in [0.2, 0.25) is 5.91 Å². The first-order chi connectivity index (χ1) is 22.4. The summed E-state index contributed by atoms with van der Waals surface area (Å²) in [5.41, 5.74) is 3.21. The summed E-state index contributed by atoms with van der Waals surface area (Å²) in [5.74, 6) is -0.386. The van der Waals surface area contributed by atoms with Crippen molar-refractivity contribution in [2.75, 3.05) is 17.7 Å². The Morgan fingerprint density at radius 1 is 0.957 bits per heavy atom. The summed E-state index contributed by atoms with van der Waals surface area (Å²) in [6, 6.07) is 27.0. The summed E-state index contributed by atoms with van der Waals surface area (Å²) in [7, 11) is 1.61. The molecule has 3 amide bonds. The maximum atomic E-state index is 13.4. The number of nitrogens with one attached hydrogen (secondary N) is 3. The Morgan fingerprint density at radius 2 is 1.76 bits per heavy atom. The maximum absolute atomic E-state index is 13.4. The maximum Gasteiger partial charge on any atom is 0.272 e. The first-order valence-electron chi connectivity index (χ1n) is 14.4. The number of thiazole rings is 1. The van der Waals surface area contributed by atoms with Gasteiger partial charge < -0.3 is 20.7 Å². The second-order valence-electron chi connectivity index (χ2n) is 9.89. The van der Waals surface area contributed by atoms with Crippen LogP contribution in [0.4, 0.5) is 10.8 Å². The molecule has 0 fully saturated rings. The molecule has 0 spiro atoms. The zero-order valence-electron chi connectivity index (χ0n) is 25.1. The molecule has 0 aliphatic rings. The van der Waals surface area contributed by atoms with Gasteiger partial charge in [0.1, 0.15) is 11.4 Å². The van der Waals surface area contributed by atoms with Crippen LogP contribution in [0.2, 0.25) is 0 Å². The Kier molecular flexibility index (Phi) is 10.9. The molecule has 2 aromatic heterocycles. The van der Waals surface area contributed by atoms with Gasteiger partial charge in [-0.1, -0.05) is 49.4 Å². The molecule has 232 valence electrons. The van der Waals surface area contributed by atoms with Crippen LogP contribution in [-0.2, 0) is 9.59 Å². The SMILES string of the molecule is CCC(Sc1cccc(NC(=O)/C(=C/c2cccnc2)NC(=O)c2ccccc2)c1)C(=O)Nc1nc(-c2ccccc2OC)cs1. The smallest absolute Gasteiger partial charge is 0.272 e. The number of carbonyl (C=O) groups is 3. The molecule has 3 aromatic carbocycles. The third-order valence-electron chi connectivity index (χ3n) is 6.67. The van der Waals surface area contributed by atoms with Crippen molar-refractivity contribution in [3.63, 3.8) is 0 Å². The predicted octanol–water partition coefficient (Wildman–Crippen LogP) is 7.13. The summed E-state index contributed by atoms with van der Waals surface area (Å²) in [5, 5.41) is 10.5. The average Bonchev–Trinajstić information content (AvgIpc) is 3.56. The van der Waals surface area contributed by atoms with E-state index in [0.29, 0.717) is 34.1 Å². The van der Waals surface area contributed by atoms with Gasteiger partial charge in [-0.15, -0.1) is 23.1 Å². The van der Waals surface area contributed by atoms with Crippen molar-refractivity contribution in [2.24, 2.45) is 0 Å². The zero-order chi connectivity index (χ0) is 32.3. The topological polar surface area (TPSA) is 122 Å². The highest BCUT2D eigenvalue weighted by molar-refractivity contribution is 8.00. The van der Waals surface area contributed by atoms with Crippen molar-refractivity contribution in [3.8, 4) is 17.0 Å². The molecular formula is C35H31N5O4S2. The molecule has 9 nitrogen and oxygen atoms in total. The van der Waals surface area contributed by atoms with Gasteiger partial charge in [-0.25, -0.2) is 4.98 Å². The molecule has 0 aliphatic heterocycles.